The smallest absolute Gasteiger partial charge is 0.337 e. The third kappa shape index (κ3) is 3.97. The van der Waals surface area contributed by atoms with Crippen molar-refractivity contribution < 1.29 is 22.7 Å². The second kappa shape index (κ2) is 8.84. The summed E-state index contributed by atoms with van der Waals surface area (Å²) in [6.45, 7) is 1.69. The van der Waals surface area contributed by atoms with Gasteiger partial charge in [0.15, 0.2) is 0 Å². The van der Waals surface area contributed by atoms with Gasteiger partial charge in [-0.05, 0) is 43.2 Å². The number of esters is 1. The van der Waals surface area contributed by atoms with Gasteiger partial charge in [-0.2, -0.15) is 4.31 Å². The SMILES string of the molecule is COC(=O)c1ccc2[nH]c3c(c2c1)CN(C(=O)C1CCN(S(=O)(=O)c2cccnc2)CC1)CC3. The molecule has 0 bridgehead atoms. The Balaban J connectivity index is 1.29. The minimum atomic E-state index is -3.60. The van der Waals surface area contributed by atoms with Crippen LogP contribution in [0.3, 0.4) is 0 Å². The molecule has 1 fully saturated rings. The van der Waals surface area contributed by atoms with E-state index in [-0.39, 0.29) is 16.7 Å². The summed E-state index contributed by atoms with van der Waals surface area (Å²) in [7, 11) is -2.25. The lowest BCUT2D eigenvalue weighted by Crippen LogP contribution is -2.45. The number of aromatic nitrogens is 2. The van der Waals surface area contributed by atoms with Gasteiger partial charge in [0.2, 0.25) is 15.9 Å². The van der Waals surface area contributed by atoms with Gasteiger partial charge in [0.05, 0.1) is 12.7 Å². The summed E-state index contributed by atoms with van der Waals surface area (Å²) in [5.74, 6) is -0.547. The molecule has 0 spiro atoms. The van der Waals surface area contributed by atoms with Crippen molar-refractivity contribution in [1.82, 2.24) is 19.2 Å². The lowest BCUT2D eigenvalue weighted by molar-refractivity contribution is -0.137. The Morgan fingerprint density at radius 2 is 1.94 bits per heavy atom. The van der Waals surface area contributed by atoms with Gasteiger partial charge in [0.1, 0.15) is 4.90 Å². The van der Waals surface area contributed by atoms with E-state index in [4.69, 9.17) is 4.74 Å². The molecule has 0 unspecified atom stereocenters. The van der Waals surface area contributed by atoms with E-state index in [0.29, 0.717) is 51.0 Å². The van der Waals surface area contributed by atoms with Gasteiger partial charge in [0, 0.05) is 73.1 Å². The lowest BCUT2D eigenvalue weighted by atomic mass is 9.94. The van der Waals surface area contributed by atoms with Crippen molar-refractivity contribution in [3.8, 4) is 0 Å². The molecular weight excluding hydrogens is 456 g/mol. The number of piperidine rings is 1. The summed E-state index contributed by atoms with van der Waals surface area (Å²) in [5.41, 5.74) is 3.51. The van der Waals surface area contributed by atoms with Gasteiger partial charge in [-0.3, -0.25) is 9.78 Å². The molecular formula is C24H26N4O5S. The second-order valence-corrected chi connectivity index (χ2v) is 10.6. The number of pyridine rings is 1. The fourth-order valence-electron chi connectivity index (χ4n) is 4.90. The molecule has 1 saturated heterocycles. The number of nitrogens with one attached hydrogen (secondary N) is 1. The highest BCUT2D eigenvalue weighted by molar-refractivity contribution is 7.89. The summed E-state index contributed by atoms with van der Waals surface area (Å²) in [4.78, 5) is 34.7. The molecule has 2 aliphatic rings. The number of nitrogens with zero attached hydrogens (tertiary/aromatic N) is 3. The molecule has 5 rings (SSSR count). The molecule has 3 aromatic rings. The first-order valence-electron chi connectivity index (χ1n) is 11.3. The van der Waals surface area contributed by atoms with Gasteiger partial charge in [-0.1, -0.05) is 0 Å². The predicted octanol–water partition coefficient (Wildman–Crippen LogP) is 2.34. The normalized spacial score (nSPS) is 17.5. The third-order valence-electron chi connectivity index (χ3n) is 6.78. The molecule has 9 nitrogen and oxygen atoms in total. The fraction of sp³-hybridized carbons (Fsp3) is 0.375. The standard InChI is InChI=1S/C24H26N4O5S/c1-33-24(30)17-4-5-21-19(13-17)20-15-27(10-8-22(20)26-21)23(29)16-6-11-28(12-7-16)34(31,32)18-3-2-9-25-14-18/h2-5,9,13-14,16,26H,6-8,10-12,15H2,1H3. The van der Waals surface area contributed by atoms with Crippen molar-refractivity contribution in [3.05, 3.63) is 59.5 Å². The maximum Gasteiger partial charge on any atom is 0.337 e. The van der Waals surface area contributed by atoms with Crippen molar-refractivity contribution in [2.24, 2.45) is 5.92 Å². The summed E-state index contributed by atoms with van der Waals surface area (Å²) >= 11 is 0. The van der Waals surface area contributed by atoms with Crippen LogP contribution < -0.4 is 0 Å². The number of carbonyl (C=O) groups excluding carboxylic acids is 2. The fourth-order valence-corrected chi connectivity index (χ4v) is 6.33. The lowest BCUT2D eigenvalue weighted by Gasteiger charge is -2.35. The van der Waals surface area contributed by atoms with E-state index in [1.165, 1.54) is 29.9 Å². The highest BCUT2D eigenvalue weighted by atomic mass is 32.2. The number of sulfonamides is 1. The molecule has 1 amide bonds. The quantitative estimate of drug-likeness (QED) is 0.571. The zero-order valence-electron chi connectivity index (χ0n) is 18.9. The molecule has 178 valence electrons. The Hall–Kier alpha value is -3.24. The average molecular weight is 483 g/mol. The molecule has 2 aliphatic heterocycles. The van der Waals surface area contributed by atoms with E-state index in [1.807, 2.05) is 17.0 Å². The number of H-pyrrole nitrogens is 1. The van der Waals surface area contributed by atoms with Crippen LogP contribution in [0.1, 0.15) is 34.5 Å². The summed E-state index contributed by atoms with van der Waals surface area (Å²) in [6.07, 6.45) is 4.57. The minimum absolute atomic E-state index is 0.0579. The Labute approximate surface area is 197 Å². The van der Waals surface area contributed by atoms with Crippen LogP contribution >= 0.6 is 0 Å². The molecule has 2 aromatic heterocycles. The number of carbonyl (C=O) groups is 2. The predicted molar refractivity (Wildman–Crippen MR) is 124 cm³/mol. The first kappa shape index (κ1) is 22.5. The van der Waals surface area contributed by atoms with Crippen LogP contribution in [-0.4, -0.2) is 66.2 Å². The maximum absolute atomic E-state index is 13.3. The molecule has 0 saturated carbocycles. The highest BCUT2D eigenvalue weighted by Crippen LogP contribution is 2.31. The van der Waals surface area contributed by atoms with Crippen LogP contribution in [0.2, 0.25) is 0 Å². The van der Waals surface area contributed by atoms with Gasteiger partial charge < -0.3 is 14.6 Å². The summed E-state index contributed by atoms with van der Waals surface area (Å²) in [5, 5.41) is 0.924. The number of fused-ring (bicyclic) bond motifs is 3. The number of benzene rings is 1. The molecule has 1 aromatic carbocycles. The van der Waals surface area contributed by atoms with Crippen molar-refractivity contribution in [1.29, 1.82) is 0 Å². The van der Waals surface area contributed by atoms with Crippen LogP contribution in [0, 0.1) is 5.92 Å². The van der Waals surface area contributed by atoms with Crippen molar-refractivity contribution in [3.63, 3.8) is 0 Å². The van der Waals surface area contributed by atoms with Gasteiger partial charge in [-0.25, -0.2) is 13.2 Å². The molecule has 0 radical (unpaired) electrons. The molecule has 4 heterocycles. The monoisotopic (exact) mass is 482 g/mol. The summed E-state index contributed by atoms with van der Waals surface area (Å²) < 4.78 is 32.0. The van der Waals surface area contributed by atoms with Crippen LogP contribution in [-0.2, 0) is 32.5 Å². The largest absolute Gasteiger partial charge is 0.465 e. The zero-order chi connectivity index (χ0) is 23.9. The zero-order valence-corrected chi connectivity index (χ0v) is 19.7. The van der Waals surface area contributed by atoms with Crippen molar-refractivity contribution >= 4 is 32.8 Å². The topological polar surface area (TPSA) is 113 Å². The molecule has 0 aliphatic carbocycles. The van der Waals surface area contributed by atoms with E-state index in [1.54, 1.807) is 12.1 Å². The first-order chi connectivity index (χ1) is 16.4. The Morgan fingerprint density at radius 1 is 1.15 bits per heavy atom. The number of methoxy groups -OCH3 is 1. The van der Waals surface area contributed by atoms with Crippen LogP contribution in [0.4, 0.5) is 0 Å². The van der Waals surface area contributed by atoms with E-state index in [0.717, 1.165) is 22.2 Å². The number of hydrogen-bond donors (Lipinski definition) is 1. The number of amides is 1. The third-order valence-corrected chi connectivity index (χ3v) is 8.67. The van der Waals surface area contributed by atoms with Gasteiger partial charge >= 0.3 is 5.97 Å². The Morgan fingerprint density at radius 3 is 2.65 bits per heavy atom. The Kier molecular flexibility index (Phi) is 5.86. The maximum atomic E-state index is 13.3. The molecule has 0 atom stereocenters. The van der Waals surface area contributed by atoms with Crippen LogP contribution in [0.25, 0.3) is 10.9 Å². The minimum Gasteiger partial charge on any atom is -0.465 e. The number of hydrogen-bond acceptors (Lipinski definition) is 6. The first-order valence-corrected chi connectivity index (χ1v) is 12.7. The van der Waals surface area contributed by atoms with Crippen molar-refractivity contribution in [2.75, 3.05) is 26.7 Å². The van der Waals surface area contributed by atoms with Crippen LogP contribution in [0.15, 0.2) is 47.6 Å². The van der Waals surface area contributed by atoms with E-state index in [2.05, 4.69) is 9.97 Å². The number of aromatic amines is 1. The van der Waals surface area contributed by atoms with Gasteiger partial charge in [0.25, 0.3) is 0 Å². The summed E-state index contributed by atoms with van der Waals surface area (Å²) in [6, 6.07) is 8.55. The highest BCUT2D eigenvalue weighted by Gasteiger charge is 2.35. The van der Waals surface area contributed by atoms with Crippen molar-refractivity contribution in [2.45, 2.75) is 30.7 Å². The van der Waals surface area contributed by atoms with Crippen LogP contribution in [0.5, 0.6) is 0 Å². The molecule has 10 heteroatoms. The van der Waals surface area contributed by atoms with Gasteiger partial charge in [-0.15, -0.1) is 0 Å². The molecule has 34 heavy (non-hydrogen) atoms. The van der Waals surface area contributed by atoms with E-state index < -0.39 is 16.0 Å². The average Bonchev–Trinajstić information content (AvgIpc) is 3.25. The molecule has 1 N–H and O–H groups in total. The van der Waals surface area contributed by atoms with E-state index in [9.17, 15) is 18.0 Å². The Bertz CT molecular complexity index is 1340. The second-order valence-electron chi connectivity index (χ2n) is 8.71. The van der Waals surface area contributed by atoms with E-state index >= 15 is 0 Å². The number of ether oxygens (including phenoxy) is 1. The number of rotatable bonds is 4.